The van der Waals surface area contributed by atoms with Crippen LogP contribution in [0, 0.1) is 5.92 Å². The van der Waals surface area contributed by atoms with Gasteiger partial charge in [0, 0.05) is 59.4 Å². The molecular weight excluding hydrogens is 346 g/mol. The Morgan fingerprint density at radius 1 is 1.31 bits per heavy atom. The van der Waals surface area contributed by atoms with Crippen molar-refractivity contribution >= 4 is 22.3 Å². The second kappa shape index (κ2) is 9.58. The lowest BCUT2D eigenvalue weighted by Crippen LogP contribution is -2.55. The molecular formula is C19H33N5OS. The SMILES string of the molecule is CN=C(NCC1CN(CC(C)C)CCO1)N1CCN(c2cccs2)CC1. The van der Waals surface area contributed by atoms with E-state index in [1.54, 1.807) is 0 Å². The molecule has 7 heteroatoms. The van der Waals surface area contributed by atoms with Gasteiger partial charge in [0.15, 0.2) is 5.96 Å². The molecule has 2 saturated heterocycles. The number of nitrogens with one attached hydrogen (secondary N) is 1. The summed E-state index contributed by atoms with van der Waals surface area (Å²) in [7, 11) is 1.88. The van der Waals surface area contributed by atoms with Crippen molar-refractivity contribution in [2.45, 2.75) is 20.0 Å². The summed E-state index contributed by atoms with van der Waals surface area (Å²) < 4.78 is 5.95. The maximum Gasteiger partial charge on any atom is 0.193 e. The van der Waals surface area contributed by atoms with E-state index in [0.29, 0.717) is 5.92 Å². The number of rotatable bonds is 5. The van der Waals surface area contributed by atoms with Crippen molar-refractivity contribution < 1.29 is 4.74 Å². The molecule has 0 radical (unpaired) electrons. The normalized spacial score (nSPS) is 22.9. The van der Waals surface area contributed by atoms with Gasteiger partial charge >= 0.3 is 0 Å². The van der Waals surface area contributed by atoms with Crippen LogP contribution in [0.2, 0.25) is 0 Å². The van der Waals surface area contributed by atoms with E-state index in [-0.39, 0.29) is 6.10 Å². The monoisotopic (exact) mass is 379 g/mol. The van der Waals surface area contributed by atoms with Gasteiger partial charge in [0.05, 0.1) is 17.7 Å². The van der Waals surface area contributed by atoms with Crippen LogP contribution >= 0.6 is 11.3 Å². The zero-order valence-corrected chi connectivity index (χ0v) is 17.2. The minimum Gasteiger partial charge on any atom is -0.374 e. The van der Waals surface area contributed by atoms with Gasteiger partial charge in [-0.3, -0.25) is 9.89 Å². The molecule has 1 atom stereocenters. The van der Waals surface area contributed by atoms with Gasteiger partial charge in [-0.25, -0.2) is 0 Å². The van der Waals surface area contributed by atoms with Crippen molar-refractivity contribution in [3.8, 4) is 0 Å². The Morgan fingerprint density at radius 2 is 2.12 bits per heavy atom. The molecule has 1 aromatic heterocycles. The first-order chi connectivity index (χ1) is 12.7. The van der Waals surface area contributed by atoms with E-state index in [0.717, 1.165) is 64.9 Å². The summed E-state index contributed by atoms with van der Waals surface area (Å²) in [5.74, 6) is 1.70. The van der Waals surface area contributed by atoms with Gasteiger partial charge in [0.1, 0.15) is 0 Å². The summed E-state index contributed by atoms with van der Waals surface area (Å²) in [4.78, 5) is 11.8. The maximum atomic E-state index is 5.95. The van der Waals surface area contributed by atoms with E-state index >= 15 is 0 Å². The van der Waals surface area contributed by atoms with Gasteiger partial charge in [0.2, 0.25) is 0 Å². The fourth-order valence-electron chi connectivity index (χ4n) is 3.71. The lowest BCUT2D eigenvalue weighted by Gasteiger charge is -2.38. The van der Waals surface area contributed by atoms with Crippen LogP contribution in [0.1, 0.15) is 13.8 Å². The third-order valence-corrected chi connectivity index (χ3v) is 5.87. The Morgan fingerprint density at radius 3 is 2.77 bits per heavy atom. The number of hydrogen-bond donors (Lipinski definition) is 1. The fourth-order valence-corrected chi connectivity index (χ4v) is 4.50. The highest BCUT2D eigenvalue weighted by Crippen LogP contribution is 2.22. The predicted molar refractivity (Wildman–Crippen MR) is 110 cm³/mol. The Labute approximate surface area is 161 Å². The van der Waals surface area contributed by atoms with E-state index in [9.17, 15) is 0 Å². The van der Waals surface area contributed by atoms with E-state index in [4.69, 9.17) is 4.74 Å². The molecule has 1 N–H and O–H groups in total. The van der Waals surface area contributed by atoms with Gasteiger partial charge in [-0.15, -0.1) is 11.3 Å². The number of thiophene rings is 1. The molecule has 6 nitrogen and oxygen atoms in total. The first kappa shape index (κ1) is 19.5. The van der Waals surface area contributed by atoms with Crippen molar-refractivity contribution in [2.24, 2.45) is 10.9 Å². The van der Waals surface area contributed by atoms with Crippen molar-refractivity contribution in [3.05, 3.63) is 17.5 Å². The molecule has 0 amide bonds. The largest absolute Gasteiger partial charge is 0.374 e. The Balaban J connectivity index is 1.43. The van der Waals surface area contributed by atoms with Crippen LogP contribution in [0.4, 0.5) is 5.00 Å². The predicted octanol–water partition coefficient (Wildman–Crippen LogP) is 1.80. The molecule has 0 saturated carbocycles. The van der Waals surface area contributed by atoms with Crippen LogP contribution in [0.3, 0.4) is 0 Å². The van der Waals surface area contributed by atoms with E-state index < -0.39 is 0 Å². The van der Waals surface area contributed by atoms with Gasteiger partial charge in [-0.05, 0) is 23.4 Å². The van der Waals surface area contributed by atoms with Gasteiger partial charge in [-0.2, -0.15) is 0 Å². The molecule has 1 aromatic rings. The molecule has 2 aliphatic heterocycles. The van der Waals surface area contributed by atoms with Gasteiger partial charge in [-0.1, -0.05) is 13.8 Å². The Hall–Kier alpha value is -1.31. The highest BCUT2D eigenvalue weighted by atomic mass is 32.1. The van der Waals surface area contributed by atoms with Crippen molar-refractivity contribution in [1.82, 2.24) is 15.1 Å². The zero-order valence-electron chi connectivity index (χ0n) is 16.4. The number of morpholine rings is 1. The Kier molecular flexibility index (Phi) is 7.16. The number of aliphatic imine (C=N–C) groups is 1. The molecule has 26 heavy (non-hydrogen) atoms. The maximum absolute atomic E-state index is 5.95. The third kappa shape index (κ3) is 5.34. The van der Waals surface area contributed by atoms with E-state index in [2.05, 4.69) is 56.4 Å². The van der Waals surface area contributed by atoms with Crippen molar-refractivity contribution in [1.29, 1.82) is 0 Å². The minimum atomic E-state index is 0.242. The van der Waals surface area contributed by atoms with Crippen LogP contribution in [-0.4, -0.2) is 87.9 Å². The standard InChI is InChI=1S/C19H33N5OS/c1-16(2)14-22-10-11-25-17(15-22)13-21-19(20-3)24-8-6-23(7-9-24)18-5-4-12-26-18/h4-5,12,16-17H,6-11,13-15H2,1-3H3,(H,20,21). The molecule has 2 fully saturated rings. The summed E-state index contributed by atoms with van der Waals surface area (Å²) in [6.07, 6.45) is 0.242. The highest BCUT2D eigenvalue weighted by molar-refractivity contribution is 7.14. The summed E-state index contributed by atoms with van der Waals surface area (Å²) in [6, 6.07) is 4.33. The number of nitrogens with zero attached hydrogens (tertiary/aromatic N) is 4. The average Bonchev–Trinajstić information content (AvgIpc) is 3.17. The number of hydrogen-bond acceptors (Lipinski definition) is 5. The summed E-state index contributed by atoms with van der Waals surface area (Å²) in [6.45, 7) is 13.5. The second-order valence-electron chi connectivity index (χ2n) is 7.50. The van der Waals surface area contributed by atoms with Crippen LogP contribution < -0.4 is 10.2 Å². The summed E-state index contributed by atoms with van der Waals surface area (Å²) in [5.41, 5.74) is 0. The zero-order chi connectivity index (χ0) is 18.4. The van der Waals surface area contributed by atoms with Gasteiger partial charge < -0.3 is 19.9 Å². The van der Waals surface area contributed by atoms with Crippen molar-refractivity contribution in [3.63, 3.8) is 0 Å². The highest BCUT2D eigenvalue weighted by Gasteiger charge is 2.23. The van der Waals surface area contributed by atoms with E-state index in [1.165, 1.54) is 5.00 Å². The van der Waals surface area contributed by atoms with Crippen molar-refractivity contribution in [2.75, 3.05) is 70.9 Å². The molecule has 0 spiro atoms. The third-order valence-electron chi connectivity index (χ3n) is 4.94. The second-order valence-corrected chi connectivity index (χ2v) is 8.43. The van der Waals surface area contributed by atoms with Crippen LogP contribution in [-0.2, 0) is 4.74 Å². The molecule has 2 aliphatic rings. The minimum absolute atomic E-state index is 0.242. The van der Waals surface area contributed by atoms with Gasteiger partial charge in [0.25, 0.3) is 0 Å². The number of piperazine rings is 1. The molecule has 3 rings (SSSR count). The topological polar surface area (TPSA) is 43.3 Å². The molecule has 146 valence electrons. The summed E-state index contributed by atoms with van der Waals surface area (Å²) >= 11 is 1.82. The average molecular weight is 380 g/mol. The number of ether oxygens (including phenoxy) is 1. The molecule has 0 aliphatic carbocycles. The number of guanidine groups is 1. The molecule has 3 heterocycles. The first-order valence-corrected chi connectivity index (χ1v) is 10.6. The lowest BCUT2D eigenvalue weighted by atomic mass is 10.2. The Bertz CT molecular complexity index is 554. The van der Waals surface area contributed by atoms with E-state index in [1.807, 2.05) is 18.4 Å². The molecule has 0 bridgehead atoms. The molecule has 0 aromatic carbocycles. The first-order valence-electron chi connectivity index (χ1n) is 9.73. The fraction of sp³-hybridized carbons (Fsp3) is 0.737. The molecule has 1 unspecified atom stereocenters. The number of anilines is 1. The van der Waals surface area contributed by atoms with Crippen LogP contribution in [0.15, 0.2) is 22.5 Å². The van der Waals surface area contributed by atoms with Crippen LogP contribution in [0.5, 0.6) is 0 Å². The summed E-state index contributed by atoms with van der Waals surface area (Å²) in [5, 5.41) is 7.06. The quantitative estimate of drug-likeness (QED) is 0.624. The smallest absolute Gasteiger partial charge is 0.193 e. The lowest BCUT2D eigenvalue weighted by molar-refractivity contribution is -0.0286. The van der Waals surface area contributed by atoms with Crippen LogP contribution in [0.25, 0.3) is 0 Å².